The van der Waals surface area contributed by atoms with Crippen LogP contribution in [-0.2, 0) is 5.41 Å². The first-order valence-corrected chi connectivity index (χ1v) is 16.1. The van der Waals surface area contributed by atoms with Gasteiger partial charge in [-0.1, -0.05) is 147 Å². The Kier molecular flexibility index (Phi) is 5.92. The number of hydrogen-bond acceptors (Lipinski definition) is 1. The van der Waals surface area contributed by atoms with Gasteiger partial charge in [0.05, 0.1) is 5.69 Å². The minimum Gasteiger partial charge on any atom is -0.310 e. The van der Waals surface area contributed by atoms with E-state index in [-0.39, 0.29) is 5.41 Å². The van der Waals surface area contributed by atoms with E-state index in [1.54, 1.807) is 0 Å². The van der Waals surface area contributed by atoms with Crippen LogP contribution >= 0.6 is 0 Å². The molecule has 0 fully saturated rings. The van der Waals surface area contributed by atoms with Crippen molar-refractivity contribution in [2.75, 3.05) is 4.90 Å². The third-order valence-electron chi connectivity index (χ3n) is 10.0. The Morgan fingerprint density at radius 3 is 1.83 bits per heavy atom. The van der Waals surface area contributed by atoms with Gasteiger partial charge in [0.1, 0.15) is 0 Å². The van der Waals surface area contributed by atoms with Crippen LogP contribution in [0.15, 0.2) is 164 Å². The molecule has 0 atom stereocenters. The predicted molar refractivity (Wildman–Crippen MR) is 197 cm³/mol. The van der Waals surface area contributed by atoms with Gasteiger partial charge in [-0.3, -0.25) is 0 Å². The van der Waals surface area contributed by atoms with Crippen LogP contribution in [0.25, 0.3) is 54.6 Å². The first-order chi connectivity index (χ1) is 22.6. The highest BCUT2D eigenvalue weighted by Gasteiger charge is 2.35. The van der Waals surface area contributed by atoms with Crippen LogP contribution in [0.4, 0.5) is 17.1 Å². The van der Waals surface area contributed by atoms with E-state index in [0.717, 1.165) is 11.4 Å². The molecule has 0 spiro atoms. The fraction of sp³-hybridized carbons (Fsp3) is 0.0667. The summed E-state index contributed by atoms with van der Waals surface area (Å²) in [6.45, 7) is 4.72. The van der Waals surface area contributed by atoms with Crippen molar-refractivity contribution in [3.8, 4) is 22.3 Å². The van der Waals surface area contributed by atoms with Crippen molar-refractivity contribution < 1.29 is 0 Å². The van der Waals surface area contributed by atoms with Crippen LogP contribution in [0.5, 0.6) is 0 Å². The molecule has 0 saturated carbocycles. The van der Waals surface area contributed by atoms with Gasteiger partial charge in [0.25, 0.3) is 0 Å². The summed E-state index contributed by atoms with van der Waals surface area (Å²) in [6.07, 6.45) is 0. The van der Waals surface area contributed by atoms with Crippen molar-refractivity contribution in [1.29, 1.82) is 0 Å². The molecule has 0 bridgehead atoms. The van der Waals surface area contributed by atoms with Crippen molar-refractivity contribution in [3.63, 3.8) is 0 Å². The zero-order valence-electron chi connectivity index (χ0n) is 26.0. The van der Waals surface area contributed by atoms with E-state index in [9.17, 15) is 0 Å². The van der Waals surface area contributed by atoms with Crippen molar-refractivity contribution in [2.24, 2.45) is 0 Å². The summed E-state index contributed by atoms with van der Waals surface area (Å²) in [5.74, 6) is 0. The molecular weight excluding hydrogens is 555 g/mol. The van der Waals surface area contributed by atoms with Gasteiger partial charge in [0.2, 0.25) is 0 Å². The van der Waals surface area contributed by atoms with Gasteiger partial charge in [0.15, 0.2) is 0 Å². The maximum atomic E-state index is 2.47. The second-order valence-electron chi connectivity index (χ2n) is 13.0. The molecule has 1 nitrogen and oxygen atoms in total. The van der Waals surface area contributed by atoms with Gasteiger partial charge < -0.3 is 4.90 Å². The maximum absolute atomic E-state index is 2.47. The van der Waals surface area contributed by atoms with Crippen LogP contribution in [0.2, 0.25) is 0 Å². The van der Waals surface area contributed by atoms with E-state index in [4.69, 9.17) is 0 Å². The molecule has 1 aliphatic carbocycles. The molecule has 0 heterocycles. The van der Waals surface area contributed by atoms with Crippen LogP contribution in [0.1, 0.15) is 25.0 Å². The van der Waals surface area contributed by atoms with E-state index in [1.165, 1.54) is 71.4 Å². The van der Waals surface area contributed by atoms with Crippen molar-refractivity contribution in [1.82, 2.24) is 0 Å². The van der Waals surface area contributed by atoms with E-state index >= 15 is 0 Å². The summed E-state index contributed by atoms with van der Waals surface area (Å²) in [7, 11) is 0. The number of fused-ring (bicyclic) bond motifs is 8. The summed E-state index contributed by atoms with van der Waals surface area (Å²) in [5.41, 5.74) is 11.3. The zero-order valence-corrected chi connectivity index (χ0v) is 26.0. The molecule has 0 aliphatic heterocycles. The lowest BCUT2D eigenvalue weighted by atomic mass is 9.82. The van der Waals surface area contributed by atoms with E-state index in [0.29, 0.717) is 0 Å². The Bertz CT molecular complexity index is 2420. The fourth-order valence-electron chi connectivity index (χ4n) is 7.73. The Balaban J connectivity index is 1.33. The summed E-state index contributed by atoms with van der Waals surface area (Å²) in [6, 6.07) is 60.2. The largest absolute Gasteiger partial charge is 0.310 e. The first kappa shape index (κ1) is 26.7. The standard InChI is InChI=1S/C45H33N/c1-45(2)41-19-11-10-18-38(41)39-27-25-35(29-42(39)45)46(34-23-20-31(21-24-34)30-12-4-3-5-13-30)43-28-33-15-7-9-17-37(33)44-36-16-8-6-14-32(36)22-26-40(43)44/h3-29H,1-2H3. The number of anilines is 3. The molecule has 218 valence electrons. The van der Waals surface area contributed by atoms with E-state index < -0.39 is 0 Å². The van der Waals surface area contributed by atoms with Gasteiger partial charge >= 0.3 is 0 Å². The van der Waals surface area contributed by atoms with Crippen LogP contribution < -0.4 is 4.90 Å². The number of rotatable bonds is 4. The van der Waals surface area contributed by atoms with Crippen molar-refractivity contribution >= 4 is 49.4 Å². The molecule has 9 rings (SSSR count). The molecule has 8 aromatic rings. The topological polar surface area (TPSA) is 3.24 Å². The molecule has 0 amide bonds. The average molecular weight is 588 g/mol. The molecule has 0 unspecified atom stereocenters. The third kappa shape index (κ3) is 4.02. The Hall–Kier alpha value is -5.66. The van der Waals surface area contributed by atoms with E-state index in [1.807, 2.05) is 0 Å². The highest BCUT2D eigenvalue weighted by atomic mass is 15.1. The van der Waals surface area contributed by atoms with Gasteiger partial charge in [-0.15, -0.1) is 0 Å². The summed E-state index contributed by atoms with van der Waals surface area (Å²) in [5, 5.41) is 7.60. The monoisotopic (exact) mass is 587 g/mol. The van der Waals surface area contributed by atoms with Crippen molar-refractivity contribution in [3.05, 3.63) is 175 Å². The SMILES string of the molecule is CC1(C)c2ccccc2-c2ccc(N(c3ccc(-c4ccccc4)cc3)c3cc4ccccc4c4c3ccc3ccccc34)cc21. The summed E-state index contributed by atoms with van der Waals surface area (Å²) < 4.78 is 0. The Morgan fingerprint density at radius 2 is 1.02 bits per heavy atom. The molecule has 1 heteroatoms. The maximum Gasteiger partial charge on any atom is 0.0546 e. The van der Waals surface area contributed by atoms with Gasteiger partial charge in [-0.2, -0.15) is 0 Å². The quantitative estimate of drug-likeness (QED) is 0.185. The zero-order chi connectivity index (χ0) is 30.8. The molecule has 0 N–H and O–H groups in total. The fourth-order valence-corrected chi connectivity index (χ4v) is 7.73. The van der Waals surface area contributed by atoms with Crippen LogP contribution in [0, 0.1) is 0 Å². The van der Waals surface area contributed by atoms with Gasteiger partial charge in [-0.25, -0.2) is 0 Å². The van der Waals surface area contributed by atoms with Crippen molar-refractivity contribution in [2.45, 2.75) is 19.3 Å². The lowest BCUT2D eigenvalue weighted by Gasteiger charge is -2.30. The first-order valence-electron chi connectivity index (χ1n) is 16.1. The normalized spacial score (nSPS) is 13.2. The molecule has 0 aromatic heterocycles. The molecular formula is C45H33N. The highest BCUT2D eigenvalue weighted by Crippen LogP contribution is 2.51. The summed E-state index contributed by atoms with van der Waals surface area (Å²) >= 11 is 0. The smallest absolute Gasteiger partial charge is 0.0546 e. The minimum atomic E-state index is -0.0908. The van der Waals surface area contributed by atoms with Gasteiger partial charge in [0, 0.05) is 22.2 Å². The Labute approximate surface area is 270 Å². The lowest BCUT2D eigenvalue weighted by Crippen LogP contribution is -2.16. The lowest BCUT2D eigenvalue weighted by molar-refractivity contribution is 0.660. The Morgan fingerprint density at radius 1 is 0.413 bits per heavy atom. The van der Waals surface area contributed by atoms with E-state index in [2.05, 4.69) is 183 Å². The van der Waals surface area contributed by atoms with Crippen LogP contribution in [-0.4, -0.2) is 0 Å². The number of benzene rings is 8. The molecule has 8 aromatic carbocycles. The molecule has 46 heavy (non-hydrogen) atoms. The molecule has 0 saturated heterocycles. The number of nitrogens with zero attached hydrogens (tertiary/aromatic N) is 1. The second kappa shape index (κ2) is 10.2. The third-order valence-corrected chi connectivity index (χ3v) is 10.0. The minimum absolute atomic E-state index is 0.0908. The van der Waals surface area contributed by atoms with Crippen LogP contribution in [0.3, 0.4) is 0 Å². The second-order valence-corrected chi connectivity index (χ2v) is 13.0. The molecule has 0 radical (unpaired) electrons. The average Bonchev–Trinajstić information content (AvgIpc) is 3.34. The summed E-state index contributed by atoms with van der Waals surface area (Å²) in [4.78, 5) is 2.47. The molecule has 1 aliphatic rings. The van der Waals surface area contributed by atoms with Gasteiger partial charge in [-0.05, 0) is 90.6 Å². The number of hydrogen-bond donors (Lipinski definition) is 0. The predicted octanol–water partition coefficient (Wildman–Crippen LogP) is 12.6. The highest BCUT2D eigenvalue weighted by molar-refractivity contribution is 6.24.